The maximum Gasteiger partial charge on any atom is 0.0513 e. The molecule has 0 aromatic heterocycles. The molecule has 0 aromatic carbocycles. The lowest BCUT2D eigenvalue weighted by Gasteiger charge is -2.15. The van der Waals surface area contributed by atoms with Crippen molar-refractivity contribution in [2.45, 2.75) is 82.9 Å². The SMILES string of the molecule is C=CC(Cl)CC.CC=CC(Cl)CC.CCC(C)(Cl)CC. The average molecular weight is 344 g/mol. The minimum absolute atomic E-state index is 0.0556. The van der Waals surface area contributed by atoms with Crippen LogP contribution in [0.2, 0.25) is 0 Å². The molecule has 0 nitrogen and oxygen atoms in total. The van der Waals surface area contributed by atoms with Crippen LogP contribution in [0.25, 0.3) is 0 Å². The summed E-state index contributed by atoms with van der Waals surface area (Å²) in [5.74, 6) is 0. The van der Waals surface area contributed by atoms with E-state index in [2.05, 4.69) is 34.3 Å². The second kappa shape index (κ2) is 17.4. The van der Waals surface area contributed by atoms with Gasteiger partial charge in [0.1, 0.15) is 0 Å². The Balaban J connectivity index is -0.000000218. The fourth-order valence-electron chi connectivity index (χ4n) is 0.762. The third kappa shape index (κ3) is 23.4. The zero-order valence-electron chi connectivity index (χ0n) is 14.1. The summed E-state index contributed by atoms with van der Waals surface area (Å²) in [6.45, 7) is 15.9. The van der Waals surface area contributed by atoms with Gasteiger partial charge in [0.25, 0.3) is 0 Å². The molecule has 20 heavy (non-hydrogen) atoms. The van der Waals surface area contributed by atoms with Crippen LogP contribution < -0.4 is 0 Å². The topological polar surface area (TPSA) is 0 Å². The highest BCUT2D eigenvalue weighted by atomic mass is 35.5. The molecule has 0 aliphatic heterocycles. The van der Waals surface area contributed by atoms with E-state index >= 15 is 0 Å². The number of allylic oxidation sites excluding steroid dienone is 3. The van der Waals surface area contributed by atoms with E-state index in [-0.39, 0.29) is 15.6 Å². The molecule has 0 saturated carbocycles. The maximum atomic E-state index is 5.91. The van der Waals surface area contributed by atoms with Crippen LogP contribution in [-0.4, -0.2) is 15.6 Å². The lowest BCUT2D eigenvalue weighted by Crippen LogP contribution is -2.11. The molecule has 2 unspecified atom stereocenters. The minimum Gasteiger partial charge on any atom is -0.120 e. The monoisotopic (exact) mass is 342 g/mol. The van der Waals surface area contributed by atoms with Gasteiger partial charge in [-0.25, -0.2) is 0 Å². The molecule has 0 saturated heterocycles. The molecule has 0 rings (SSSR count). The van der Waals surface area contributed by atoms with Crippen molar-refractivity contribution >= 4 is 34.8 Å². The minimum atomic E-state index is 0.0556. The Morgan fingerprint density at radius 1 is 1.00 bits per heavy atom. The van der Waals surface area contributed by atoms with Gasteiger partial charge in [-0.15, -0.1) is 41.4 Å². The van der Waals surface area contributed by atoms with E-state index in [4.69, 9.17) is 34.8 Å². The Morgan fingerprint density at radius 3 is 1.45 bits per heavy atom. The van der Waals surface area contributed by atoms with Crippen LogP contribution in [0.1, 0.15) is 67.2 Å². The van der Waals surface area contributed by atoms with Gasteiger partial charge < -0.3 is 0 Å². The van der Waals surface area contributed by atoms with Crippen molar-refractivity contribution < 1.29 is 0 Å². The van der Waals surface area contributed by atoms with Crippen LogP contribution in [-0.2, 0) is 0 Å². The number of hydrogen-bond donors (Lipinski definition) is 0. The summed E-state index contributed by atoms with van der Waals surface area (Å²) < 4.78 is 0. The van der Waals surface area contributed by atoms with Crippen molar-refractivity contribution in [3.63, 3.8) is 0 Å². The average Bonchev–Trinajstić information content (AvgIpc) is 2.47. The van der Waals surface area contributed by atoms with E-state index in [9.17, 15) is 0 Å². The standard InChI is InChI=1S/C6H13Cl.C6H11Cl.C5H9Cl/c1-4-6(3,7)5-2;1-3-5-6(7)4-2;1-3-5(6)4-2/h4-5H2,1-3H3;3,5-6H,4H2,1-2H3;3,5H,1,4H2,2H3. The van der Waals surface area contributed by atoms with Crippen LogP contribution >= 0.6 is 34.8 Å². The Kier molecular flexibility index (Phi) is 22.0. The van der Waals surface area contributed by atoms with Crippen molar-refractivity contribution in [3.8, 4) is 0 Å². The third-order valence-corrected chi connectivity index (χ3v) is 4.39. The number of alkyl halides is 3. The Morgan fingerprint density at radius 2 is 1.40 bits per heavy atom. The van der Waals surface area contributed by atoms with Gasteiger partial charge in [-0.05, 0) is 39.5 Å². The summed E-state index contributed by atoms with van der Waals surface area (Å²) in [5, 5.41) is 0.412. The highest BCUT2D eigenvalue weighted by molar-refractivity contribution is 6.23. The summed E-state index contributed by atoms with van der Waals surface area (Å²) >= 11 is 17.1. The van der Waals surface area contributed by atoms with E-state index < -0.39 is 0 Å². The van der Waals surface area contributed by atoms with E-state index in [1.165, 1.54) is 0 Å². The first-order valence-corrected chi connectivity index (χ1v) is 8.71. The Labute approximate surface area is 142 Å². The van der Waals surface area contributed by atoms with Crippen LogP contribution in [0, 0.1) is 0 Å². The maximum absolute atomic E-state index is 5.91. The van der Waals surface area contributed by atoms with Crippen molar-refractivity contribution in [1.29, 1.82) is 0 Å². The second-order valence-electron chi connectivity index (χ2n) is 4.73. The smallest absolute Gasteiger partial charge is 0.0513 e. The lowest BCUT2D eigenvalue weighted by molar-refractivity contribution is 0.587. The van der Waals surface area contributed by atoms with Gasteiger partial charge in [0.2, 0.25) is 0 Å². The molecule has 0 spiro atoms. The lowest BCUT2D eigenvalue weighted by atomic mass is 10.1. The summed E-state index contributed by atoms with van der Waals surface area (Å²) in [7, 11) is 0. The largest absolute Gasteiger partial charge is 0.120 e. The normalized spacial score (nSPS) is 13.7. The molecule has 0 amide bonds. The molecular weight excluding hydrogens is 311 g/mol. The van der Waals surface area contributed by atoms with Gasteiger partial charge in [0.05, 0.1) is 10.8 Å². The van der Waals surface area contributed by atoms with Gasteiger partial charge in [0, 0.05) is 4.87 Å². The van der Waals surface area contributed by atoms with Gasteiger partial charge in [-0.2, -0.15) is 0 Å². The van der Waals surface area contributed by atoms with E-state index in [1.807, 2.05) is 26.0 Å². The first kappa shape index (κ1) is 25.3. The summed E-state index contributed by atoms with van der Waals surface area (Å²) in [4.78, 5) is 0.0556. The number of halogens is 3. The molecule has 0 heterocycles. The fourth-order valence-corrected chi connectivity index (χ4v) is 0.907. The predicted octanol–water partition coefficient (Wildman–Crippen LogP) is 7.57. The molecule has 0 N–H and O–H groups in total. The van der Waals surface area contributed by atoms with E-state index in [0.29, 0.717) is 0 Å². The third-order valence-electron chi connectivity index (χ3n) is 2.91. The molecule has 0 aromatic rings. The van der Waals surface area contributed by atoms with Crippen molar-refractivity contribution in [1.82, 2.24) is 0 Å². The summed E-state index contributed by atoms with van der Waals surface area (Å²) in [6, 6.07) is 0. The second-order valence-corrected chi connectivity index (χ2v) is 6.76. The first-order chi connectivity index (χ1) is 9.24. The molecule has 2 atom stereocenters. The molecule has 0 fully saturated rings. The van der Waals surface area contributed by atoms with Crippen molar-refractivity contribution in [2.75, 3.05) is 0 Å². The van der Waals surface area contributed by atoms with Gasteiger partial charge in [0.15, 0.2) is 0 Å². The molecular formula is C17H33Cl3. The highest BCUT2D eigenvalue weighted by Crippen LogP contribution is 2.21. The van der Waals surface area contributed by atoms with Gasteiger partial charge >= 0.3 is 0 Å². The Hall–Kier alpha value is 0.350. The molecule has 0 radical (unpaired) electrons. The van der Waals surface area contributed by atoms with Crippen LogP contribution in [0.3, 0.4) is 0 Å². The molecule has 0 bridgehead atoms. The van der Waals surface area contributed by atoms with Crippen LogP contribution in [0.4, 0.5) is 0 Å². The molecule has 3 heteroatoms. The van der Waals surface area contributed by atoms with Crippen LogP contribution in [0.15, 0.2) is 24.8 Å². The van der Waals surface area contributed by atoms with E-state index in [1.54, 1.807) is 6.08 Å². The zero-order valence-corrected chi connectivity index (χ0v) is 16.3. The summed E-state index contributed by atoms with van der Waals surface area (Å²) in [5.41, 5.74) is 0. The zero-order chi connectivity index (χ0) is 16.6. The number of rotatable bonds is 6. The predicted molar refractivity (Wildman–Crippen MR) is 99.7 cm³/mol. The quantitative estimate of drug-likeness (QED) is 0.344. The number of hydrogen-bond acceptors (Lipinski definition) is 0. The fraction of sp³-hybridized carbons (Fsp3) is 0.765. The van der Waals surface area contributed by atoms with Crippen LogP contribution in [0.5, 0.6) is 0 Å². The Bertz CT molecular complexity index is 216. The molecule has 122 valence electrons. The van der Waals surface area contributed by atoms with E-state index in [0.717, 1.165) is 25.7 Å². The van der Waals surface area contributed by atoms with Gasteiger partial charge in [-0.1, -0.05) is 45.9 Å². The highest BCUT2D eigenvalue weighted by Gasteiger charge is 2.13. The van der Waals surface area contributed by atoms with Gasteiger partial charge in [-0.3, -0.25) is 0 Å². The first-order valence-electron chi connectivity index (χ1n) is 7.46. The molecule has 0 aliphatic rings. The van der Waals surface area contributed by atoms with Crippen molar-refractivity contribution in [2.24, 2.45) is 0 Å². The summed E-state index contributed by atoms with van der Waals surface area (Å²) in [6.07, 6.45) is 9.82. The van der Waals surface area contributed by atoms with Crippen molar-refractivity contribution in [3.05, 3.63) is 24.8 Å². The molecule has 0 aliphatic carbocycles.